The van der Waals surface area contributed by atoms with Gasteiger partial charge in [0.05, 0.1) is 0 Å². The number of aromatic nitrogens is 6. The lowest BCUT2D eigenvalue weighted by atomic mass is 10.3. The molecule has 0 saturated heterocycles. The predicted octanol–water partition coefficient (Wildman–Crippen LogP) is 0.454. The van der Waals surface area contributed by atoms with Crippen LogP contribution in [0, 0.1) is 12.1 Å². The van der Waals surface area contributed by atoms with Crippen LogP contribution in [0.5, 0.6) is 0 Å². The van der Waals surface area contributed by atoms with E-state index in [4.69, 9.17) is 9.68 Å². The summed E-state index contributed by atoms with van der Waals surface area (Å²) in [5.41, 5.74) is 2.00. The highest BCUT2D eigenvalue weighted by molar-refractivity contribution is 5.75. The highest BCUT2D eigenvalue weighted by Crippen LogP contribution is 2.08. The van der Waals surface area contributed by atoms with Crippen LogP contribution in [0.3, 0.4) is 0 Å². The van der Waals surface area contributed by atoms with Crippen molar-refractivity contribution < 1.29 is 14.5 Å². The van der Waals surface area contributed by atoms with Crippen LogP contribution in [0.2, 0.25) is 0 Å². The summed E-state index contributed by atoms with van der Waals surface area (Å²) in [4.78, 5) is 23.6. The first-order chi connectivity index (χ1) is 10.8. The molecule has 0 saturated carbocycles. The van der Waals surface area contributed by atoms with Gasteiger partial charge in [-0.3, -0.25) is 9.68 Å². The first-order valence-corrected chi connectivity index (χ1v) is 6.16. The number of carbonyl (C=O) groups is 1. The van der Waals surface area contributed by atoms with Gasteiger partial charge >= 0.3 is 6.16 Å². The number of hydrogen-bond acceptors (Lipinski definition) is 7. The molecule has 0 spiro atoms. The Kier molecular flexibility index (Phi) is 2.59. The minimum atomic E-state index is -1.03. The van der Waals surface area contributed by atoms with Gasteiger partial charge < -0.3 is 0 Å². The maximum atomic E-state index is 11.8. The summed E-state index contributed by atoms with van der Waals surface area (Å²) >= 11 is 0. The highest BCUT2D eigenvalue weighted by atomic mass is 16.9. The van der Waals surface area contributed by atoms with Crippen LogP contribution in [0.25, 0.3) is 22.1 Å². The standard InChI is InChI=1S/C13H6N6O3/c20-13(21-18-11-7-3-1-5-9(11)14-16-18)22-19-12-8-4-2-6-10(12)15-17-19/h1,3-5,7-8H. The Balaban J connectivity index is 1.58. The molecule has 0 unspecified atom stereocenters. The third kappa shape index (κ3) is 1.95. The second kappa shape index (κ2) is 4.71. The summed E-state index contributed by atoms with van der Waals surface area (Å²) in [5, 5.41) is 15.0. The summed E-state index contributed by atoms with van der Waals surface area (Å²) in [6, 6.07) is 15.7. The zero-order valence-electron chi connectivity index (χ0n) is 10.9. The second-order valence-corrected chi connectivity index (χ2v) is 4.18. The van der Waals surface area contributed by atoms with Crippen LogP contribution >= 0.6 is 0 Å². The molecule has 0 aliphatic rings. The molecule has 9 nitrogen and oxygen atoms in total. The lowest BCUT2D eigenvalue weighted by Gasteiger charge is -2.03. The maximum Gasteiger partial charge on any atom is 0.562 e. The van der Waals surface area contributed by atoms with Crippen LogP contribution in [0.15, 0.2) is 36.4 Å². The van der Waals surface area contributed by atoms with Crippen LogP contribution in [0.1, 0.15) is 0 Å². The van der Waals surface area contributed by atoms with E-state index in [-0.39, 0.29) is 0 Å². The minimum absolute atomic E-state index is 0.418. The average molecular weight is 294 g/mol. The van der Waals surface area contributed by atoms with Gasteiger partial charge in [-0.2, -0.15) is 4.79 Å². The summed E-state index contributed by atoms with van der Waals surface area (Å²) in [5.74, 6) is 0. The van der Waals surface area contributed by atoms with Crippen LogP contribution < -0.4 is 9.68 Å². The molecule has 106 valence electrons. The molecule has 22 heavy (non-hydrogen) atoms. The van der Waals surface area contributed by atoms with Crippen LogP contribution in [-0.4, -0.2) is 36.5 Å². The van der Waals surface area contributed by atoms with Crippen molar-refractivity contribution in [2.45, 2.75) is 0 Å². The first kappa shape index (κ1) is 12.1. The van der Waals surface area contributed by atoms with Gasteiger partial charge in [-0.05, 0) is 40.8 Å². The van der Waals surface area contributed by atoms with Gasteiger partial charge in [0.2, 0.25) is 0 Å². The molecule has 0 radical (unpaired) electrons. The molecule has 0 bridgehead atoms. The van der Waals surface area contributed by atoms with E-state index in [1.807, 2.05) is 0 Å². The Bertz CT molecular complexity index is 898. The molecule has 4 aromatic rings. The summed E-state index contributed by atoms with van der Waals surface area (Å²) in [6.45, 7) is 0. The molecule has 2 aromatic carbocycles. The zero-order valence-corrected chi connectivity index (χ0v) is 10.9. The second-order valence-electron chi connectivity index (χ2n) is 4.18. The summed E-state index contributed by atoms with van der Waals surface area (Å²) < 4.78 is 0. The van der Waals surface area contributed by atoms with Gasteiger partial charge in [-0.15, -0.1) is 10.2 Å². The predicted molar refractivity (Wildman–Crippen MR) is 71.3 cm³/mol. The fraction of sp³-hybridized carbons (Fsp3) is 0. The van der Waals surface area contributed by atoms with Crippen LogP contribution in [0.4, 0.5) is 4.79 Å². The number of carbonyl (C=O) groups excluding carboxylic acids is 1. The van der Waals surface area contributed by atoms with Gasteiger partial charge in [-0.25, -0.2) is 0 Å². The van der Waals surface area contributed by atoms with Crippen molar-refractivity contribution >= 4 is 28.2 Å². The molecule has 2 aromatic heterocycles. The molecule has 4 rings (SSSR count). The van der Waals surface area contributed by atoms with Crippen molar-refractivity contribution in [3.05, 3.63) is 48.5 Å². The fourth-order valence-electron chi connectivity index (χ4n) is 1.88. The Morgan fingerprint density at radius 3 is 2.68 bits per heavy atom. The number of benzene rings is 1. The number of hydrogen-bond donors (Lipinski definition) is 0. The maximum absolute atomic E-state index is 11.8. The summed E-state index contributed by atoms with van der Waals surface area (Å²) in [7, 11) is 0. The monoisotopic (exact) mass is 294 g/mol. The van der Waals surface area contributed by atoms with Crippen molar-refractivity contribution in [3.8, 4) is 0 Å². The molecule has 2 heterocycles. The minimum Gasteiger partial charge on any atom is -0.280 e. The molecule has 0 N–H and O–H groups in total. The molecule has 0 aliphatic heterocycles. The van der Waals surface area contributed by atoms with E-state index in [9.17, 15) is 4.79 Å². The number of fused-ring (bicyclic) bond motifs is 2. The van der Waals surface area contributed by atoms with E-state index in [0.29, 0.717) is 22.1 Å². The van der Waals surface area contributed by atoms with E-state index < -0.39 is 6.16 Å². The quantitative estimate of drug-likeness (QED) is 0.495. The SMILES string of the molecule is O=C(On1nnc2c#cccc21)On1nnc2ccccc21. The smallest absolute Gasteiger partial charge is 0.280 e. The molecule has 0 atom stereocenters. The molecule has 9 heteroatoms. The topological polar surface area (TPSA) is 97.0 Å². The van der Waals surface area contributed by atoms with E-state index >= 15 is 0 Å². The molecular formula is C13H6N6O3. The van der Waals surface area contributed by atoms with Crippen molar-refractivity contribution in [3.63, 3.8) is 0 Å². The van der Waals surface area contributed by atoms with E-state index in [1.165, 1.54) is 0 Å². The van der Waals surface area contributed by atoms with Crippen molar-refractivity contribution in [2.75, 3.05) is 0 Å². The Morgan fingerprint density at radius 1 is 1.00 bits per heavy atom. The van der Waals surface area contributed by atoms with E-state index in [0.717, 1.165) is 9.69 Å². The fourth-order valence-corrected chi connectivity index (χ4v) is 1.88. The normalized spacial score (nSPS) is 10.5. The molecule has 0 aliphatic carbocycles. The number of nitrogens with zero attached hydrogens (tertiary/aromatic N) is 6. The van der Waals surface area contributed by atoms with Gasteiger partial charge in [-0.1, -0.05) is 27.9 Å². The largest absolute Gasteiger partial charge is 0.562 e. The number of para-hydroxylation sites is 1. The third-order valence-electron chi connectivity index (χ3n) is 2.83. The van der Waals surface area contributed by atoms with Crippen molar-refractivity contribution in [1.82, 2.24) is 30.3 Å². The molecular weight excluding hydrogens is 288 g/mol. The summed E-state index contributed by atoms with van der Waals surface area (Å²) in [6.07, 6.45) is -1.03. The van der Waals surface area contributed by atoms with Crippen LogP contribution in [-0.2, 0) is 0 Å². The van der Waals surface area contributed by atoms with Gasteiger partial charge in [0.25, 0.3) is 0 Å². The zero-order chi connectivity index (χ0) is 14.9. The Morgan fingerprint density at radius 2 is 1.77 bits per heavy atom. The molecule has 0 fully saturated rings. The van der Waals surface area contributed by atoms with E-state index in [1.54, 1.807) is 36.4 Å². The van der Waals surface area contributed by atoms with Crippen molar-refractivity contribution in [2.24, 2.45) is 0 Å². The Labute approximate surface area is 122 Å². The highest BCUT2D eigenvalue weighted by Gasteiger charge is 2.14. The average Bonchev–Trinajstić information content (AvgIpc) is 3.13. The number of rotatable bonds is 2. The van der Waals surface area contributed by atoms with E-state index in [2.05, 4.69) is 32.8 Å². The van der Waals surface area contributed by atoms with Gasteiger partial charge in [0, 0.05) is 0 Å². The van der Waals surface area contributed by atoms with Crippen molar-refractivity contribution in [1.29, 1.82) is 0 Å². The Hall–Kier alpha value is -3.67. The van der Waals surface area contributed by atoms with Gasteiger partial charge in [0.15, 0.2) is 5.52 Å². The first-order valence-electron chi connectivity index (χ1n) is 6.16. The lowest BCUT2D eigenvalue weighted by molar-refractivity contribution is 0.0262. The molecule has 0 amide bonds. The van der Waals surface area contributed by atoms with Gasteiger partial charge in [0.1, 0.15) is 16.6 Å². The lowest BCUT2D eigenvalue weighted by Crippen LogP contribution is -2.30. The third-order valence-corrected chi connectivity index (χ3v) is 2.83.